The van der Waals surface area contributed by atoms with Crippen LogP contribution in [0.1, 0.15) is 30.9 Å². The Morgan fingerprint density at radius 1 is 1.40 bits per heavy atom. The number of ketones is 1. The second-order valence-electron chi connectivity index (χ2n) is 5.78. The van der Waals surface area contributed by atoms with Gasteiger partial charge >= 0.3 is 0 Å². The lowest BCUT2D eigenvalue weighted by molar-refractivity contribution is -0.136. The Bertz CT molecular complexity index is 558. The Balaban J connectivity index is 2.04. The number of ether oxygens (including phenoxy) is 1. The van der Waals surface area contributed by atoms with Crippen molar-refractivity contribution in [2.75, 3.05) is 19.9 Å². The van der Waals surface area contributed by atoms with Crippen molar-refractivity contribution < 1.29 is 14.6 Å². The number of carbonyl (C=O) groups excluding carboxylic acids is 1. The van der Waals surface area contributed by atoms with Gasteiger partial charge in [0.15, 0.2) is 11.5 Å². The molecule has 20 heavy (non-hydrogen) atoms. The summed E-state index contributed by atoms with van der Waals surface area (Å²) in [5.41, 5.74) is 7.09. The van der Waals surface area contributed by atoms with Gasteiger partial charge in [-0.2, -0.15) is 0 Å². The molecule has 108 valence electrons. The van der Waals surface area contributed by atoms with Crippen molar-refractivity contribution in [3.05, 3.63) is 17.7 Å². The van der Waals surface area contributed by atoms with E-state index < -0.39 is 0 Å². The highest BCUT2D eigenvalue weighted by atomic mass is 16.5. The number of piperidine rings is 2. The molecule has 1 saturated carbocycles. The molecular weight excluding hydrogens is 256 g/mol. The summed E-state index contributed by atoms with van der Waals surface area (Å²) in [5.74, 6) is 0.696. The highest BCUT2D eigenvalue weighted by Gasteiger charge is 2.45. The van der Waals surface area contributed by atoms with Crippen molar-refractivity contribution in [2.24, 2.45) is 5.92 Å². The number of carbonyl (C=O) groups is 1. The largest absolute Gasteiger partial charge is 0.503 e. The number of phenolic OH excluding ortho intramolecular Hbond substituents is 1. The van der Waals surface area contributed by atoms with Crippen LogP contribution in [0.4, 0.5) is 5.69 Å². The Kier molecular flexibility index (Phi) is 3.09. The van der Waals surface area contributed by atoms with Crippen LogP contribution in [0.15, 0.2) is 12.1 Å². The van der Waals surface area contributed by atoms with Crippen molar-refractivity contribution in [3.8, 4) is 11.5 Å². The summed E-state index contributed by atoms with van der Waals surface area (Å²) in [4.78, 5) is 14.4. The fourth-order valence-electron chi connectivity index (χ4n) is 3.66. The fraction of sp³-hybridized carbons (Fsp3) is 0.533. The average molecular weight is 276 g/mol. The van der Waals surface area contributed by atoms with Crippen molar-refractivity contribution >= 4 is 11.5 Å². The maximum Gasteiger partial charge on any atom is 0.181 e. The van der Waals surface area contributed by atoms with Crippen LogP contribution in [0, 0.1) is 5.92 Å². The van der Waals surface area contributed by atoms with Gasteiger partial charge in [0.2, 0.25) is 0 Å². The Morgan fingerprint density at radius 3 is 2.80 bits per heavy atom. The molecule has 2 bridgehead atoms. The number of methoxy groups -OCH3 is 1. The first-order chi connectivity index (χ1) is 9.52. The summed E-state index contributed by atoms with van der Waals surface area (Å²) < 4.78 is 5.17. The van der Waals surface area contributed by atoms with Gasteiger partial charge in [-0.3, -0.25) is 9.69 Å². The average Bonchev–Trinajstić information content (AvgIpc) is 2.43. The van der Waals surface area contributed by atoms with E-state index in [4.69, 9.17) is 10.5 Å². The quantitative estimate of drug-likeness (QED) is 0.635. The van der Waals surface area contributed by atoms with E-state index in [-0.39, 0.29) is 17.7 Å². The van der Waals surface area contributed by atoms with Gasteiger partial charge in [0.25, 0.3) is 0 Å². The zero-order valence-corrected chi connectivity index (χ0v) is 11.8. The van der Waals surface area contributed by atoms with E-state index in [0.29, 0.717) is 29.7 Å². The molecule has 4 rings (SSSR count). The smallest absolute Gasteiger partial charge is 0.181 e. The molecule has 5 nitrogen and oxygen atoms in total. The van der Waals surface area contributed by atoms with E-state index in [9.17, 15) is 9.90 Å². The summed E-state index contributed by atoms with van der Waals surface area (Å²) in [5, 5.41) is 9.84. The number of nitrogens with zero attached hydrogens (tertiary/aromatic N) is 1. The summed E-state index contributed by atoms with van der Waals surface area (Å²) >= 11 is 0. The molecule has 1 aromatic rings. The molecular formula is C15H20N2O3. The number of fused-ring (bicyclic) bond motifs is 3. The van der Waals surface area contributed by atoms with Gasteiger partial charge in [-0.1, -0.05) is 0 Å². The Morgan fingerprint density at radius 2 is 2.15 bits per heavy atom. The minimum Gasteiger partial charge on any atom is -0.503 e. The normalized spacial score (nSPS) is 29.7. The van der Waals surface area contributed by atoms with Gasteiger partial charge in [0.1, 0.15) is 5.78 Å². The Hall–Kier alpha value is -1.75. The van der Waals surface area contributed by atoms with Crippen LogP contribution in [-0.2, 0) is 4.79 Å². The molecule has 3 unspecified atom stereocenters. The summed E-state index contributed by atoms with van der Waals surface area (Å²) in [6.07, 6.45) is 2.66. The zero-order chi connectivity index (χ0) is 14.4. The lowest BCUT2D eigenvalue weighted by Crippen LogP contribution is -2.52. The van der Waals surface area contributed by atoms with E-state index in [0.717, 1.165) is 18.4 Å². The third kappa shape index (κ3) is 1.85. The molecule has 3 N–H and O–H groups in total. The van der Waals surface area contributed by atoms with Gasteiger partial charge in [-0.05, 0) is 37.6 Å². The minimum absolute atomic E-state index is 0.0265. The Labute approximate surface area is 118 Å². The molecule has 2 saturated heterocycles. The van der Waals surface area contributed by atoms with Crippen LogP contribution in [0.25, 0.3) is 0 Å². The third-order valence-corrected chi connectivity index (χ3v) is 4.75. The van der Waals surface area contributed by atoms with Gasteiger partial charge in [0, 0.05) is 24.4 Å². The van der Waals surface area contributed by atoms with Crippen LogP contribution < -0.4 is 10.5 Å². The van der Waals surface area contributed by atoms with Crippen LogP contribution in [0.2, 0.25) is 0 Å². The predicted molar refractivity (Wildman–Crippen MR) is 75.7 cm³/mol. The molecule has 3 fully saturated rings. The number of aromatic hydroxyl groups is 1. The number of nitrogens with two attached hydrogens (primary N) is 1. The van der Waals surface area contributed by atoms with Gasteiger partial charge in [-0.25, -0.2) is 0 Å². The number of nitrogen functional groups attached to an aromatic ring is 1. The summed E-state index contributed by atoms with van der Waals surface area (Å²) in [6.45, 7) is 0. The molecule has 0 amide bonds. The number of anilines is 1. The molecule has 1 aromatic carbocycles. The molecule has 0 radical (unpaired) electrons. The fourth-order valence-corrected chi connectivity index (χ4v) is 3.66. The van der Waals surface area contributed by atoms with Crippen molar-refractivity contribution in [3.63, 3.8) is 0 Å². The van der Waals surface area contributed by atoms with E-state index in [1.807, 2.05) is 0 Å². The molecule has 0 aromatic heterocycles. The van der Waals surface area contributed by atoms with E-state index in [1.54, 1.807) is 12.1 Å². The van der Waals surface area contributed by atoms with Crippen LogP contribution in [0.5, 0.6) is 11.5 Å². The molecule has 2 aliphatic heterocycles. The lowest BCUT2D eigenvalue weighted by Gasteiger charge is -2.49. The van der Waals surface area contributed by atoms with Gasteiger partial charge in [-0.15, -0.1) is 0 Å². The van der Waals surface area contributed by atoms with Crippen LogP contribution in [-0.4, -0.2) is 36.0 Å². The number of phenols is 1. The third-order valence-electron chi connectivity index (χ3n) is 4.75. The molecule has 1 aliphatic carbocycles. The number of benzene rings is 1. The van der Waals surface area contributed by atoms with Gasteiger partial charge in [0.05, 0.1) is 12.8 Å². The predicted octanol–water partition coefficient (Wildman–Crippen LogP) is 1.71. The molecule has 0 spiro atoms. The second kappa shape index (κ2) is 4.66. The number of Topliss-reactive ketones (excluding diaryl/α,β-unsaturated/α-hetero) is 1. The van der Waals surface area contributed by atoms with Crippen molar-refractivity contribution in [1.82, 2.24) is 4.90 Å². The molecule has 3 aliphatic rings. The standard InChI is InChI=1S/C15H20N2O3/c1-17-9-3-4-10(12(18)7-9)14(17)8-5-11(16)15(19)13(6-8)20-2/h5-6,9-10,14,19H,3-4,7,16H2,1-2H3. The second-order valence-corrected chi connectivity index (χ2v) is 5.78. The van der Waals surface area contributed by atoms with E-state index >= 15 is 0 Å². The summed E-state index contributed by atoms with van der Waals surface area (Å²) in [7, 11) is 3.56. The minimum atomic E-state index is -0.0359. The first-order valence-corrected chi connectivity index (χ1v) is 6.94. The highest BCUT2D eigenvalue weighted by Crippen LogP contribution is 2.47. The van der Waals surface area contributed by atoms with Crippen LogP contribution >= 0.6 is 0 Å². The SMILES string of the molecule is COc1cc(C2C3CCC(CC3=O)N2C)cc(N)c1O. The topological polar surface area (TPSA) is 75.8 Å². The van der Waals surface area contributed by atoms with Crippen LogP contribution in [0.3, 0.4) is 0 Å². The first kappa shape index (κ1) is 13.2. The van der Waals surface area contributed by atoms with Gasteiger partial charge < -0.3 is 15.6 Å². The highest BCUT2D eigenvalue weighted by molar-refractivity contribution is 5.84. The number of hydrogen-bond donors (Lipinski definition) is 2. The van der Waals surface area contributed by atoms with Crippen molar-refractivity contribution in [2.45, 2.75) is 31.3 Å². The zero-order valence-electron chi connectivity index (χ0n) is 11.8. The maximum absolute atomic E-state index is 12.2. The maximum atomic E-state index is 12.2. The lowest BCUT2D eigenvalue weighted by atomic mass is 9.72. The van der Waals surface area contributed by atoms with E-state index in [2.05, 4.69) is 11.9 Å². The monoisotopic (exact) mass is 276 g/mol. The number of rotatable bonds is 2. The first-order valence-electron chi connectivity index (χ1n) is 6.94. The molecule has 5 heteroatoms. The van der Waals surface area contributed by atoms with E-state index in [1.165, 1.54) is 7.11 Å². The molecule has 3 atom stereocenters. The molecule has 2 heterocycles. The summed E-state index contributed by atoms with van der Waals surface area (Å²) in [6, 6.07) is 3.90. The van der Waals surface area contributed by atoms with Crippen molar-refractivity contribution in [1.29, 1.82) is 0 Å². The number of hydrogen-bond acceptors (Lipinski definition) is 5.